The van der Waals surface area contributed by atoms with Gasteiger partial charge in [-0.3, -0.25) is 19.5 Å². The lowest BCUT2D eigenvalue weighted by Gasteiger charge is -2.36. The summed E-state index contributed by atoms with van der Waals surface area (Å²) in [6, 6.07) is 9.82. The van der Waals surface area contributed by atoms with E-state index in [-0.39, 0.29) is 12.1 Å². The summed E-state index contributed by atoms with van der Waals surface area (Å²) in [5.41, 5.74) is 6.19. The molecule has 6 rings (SSSR count). The molecule has 9 heteroatoms. The van der Waals surface area contributed by atoms with Crippen molar-refractivity contribution in [2.45, 2.75) is 19.4 Å². The second-order valence-electron chi connectivity index (χ2n) is 8.78. The quantitative estimate of drug-likeness (QED) is 0.507. The van der Waals surface area contributed by atoms with Crippen LogP contribution in [-0.2, 0) is 7.05 Å². The number of carbonyl (C=O) groups excluding carboxylic acids is 1. The summed E-state index contributed by atoms with van der Waals surface area (Å²) < 4.78 is 1.74. The fourth-order valence-electron chi connectivity index (χ4n) is 4.76. The molecule has 2 aliphatic heterocycles. The van der Waals surface area contributed by atoms with Gasteiger partial charge in [0, 0.05) is 61.1 Å². The van der Waals surface area contributed by atoms with Crippen molar-refractivity contribution in [1.82, 2.24) is 24.7 Å². The molecule has 1 N–H and O–H groups in total. The van der Waals surface area contributed by atoms with Gasteiger partial charge >= 0.3 is 6.03 Å². The van der Waals surface area contributed by atoms with Crippen molar-refractivity contribution in [3.63, 3.8) is 0 Å². The fourth-order valence-corrected chi connectivity index (χ4v) is 4.76. The zero-order valence-electron chi connectivity index (χ0n) is 19.0. The summed E-state index contributed by atoms with van der Waals surface area (Å²) in [6.07, 6.45) is 9.81. The maximum atomic E-state index is 13.6. The number of nitrogens with one attached hydrogen (secondary N) is 1. The van der Waals surface area contributed by atoms with Gasteiger partial charge in [0.1, 0.15) is 0 Å². The van der Waals surface area contributed by atoms with E-state index < -0.39 is 0 Å². The van der Waals surface area contributed by atoms with E-state index in [4.69, 9.17) is 4.98 Å². The minimum atomic E-state index is -0.200. The van der Waals surface area contributed by atoms with Crippen molar-refractivity contribution in [3.8, 4) is 22.4 Å². The third-order valence-corrected chi connectivity index (χ3v) is 6.39. The standard InChI is InChI=1S/C25H24N8O/c1-16-9-17(5-7-27-16)22-3-4-23-24(30-22)33(21-6-8-32(23)15-21)25(34)29-20-10-18(11-26-13-20)19-12-28-31(2)14-19/h3-5,7,9-14,21H,6,8,15H2,1-2H3,(H,29,34)/t21-/m0/s1. The van der Waals surface area contributed by atoms with Crippen molar-refractivity contribution >= 4 is 23.2 Å². The largest absolute Gasteiger partial charge is 0.366 e. The summed E-state index contributed by atoms with van der Waals surface area (Å²) in [5, 5.41) is 7.27. The van der Waals surface area contributed by atoms with E-state index in [0.717, 1.165) is 53.3 Å². The molecule has 6 heterocycles. The molecular weight excluding hydrogens is 428 g/mol. The van der Waals surface area contributed by atoms with Crippen LogP contribution in [0.2, 0.25) is 0 Å². The molecule has 1 atom stereocenters. The minimum absolute atomic E-state index is 0.0730. The number of aromatic nitrogens is 5. The number of nitrogens with zero attached hydrogens (tertiary/aromatic N) is 7. The number of amides is 2. The zero-order chi connectivity index (χ0) is 23.2. The summed E-state index contributed by atoms with van der Waals surface area (Å²) in [6.45, 7) is 3.68. The van der Waals surface area contributed by atoms with Crippen LogP contribution in [0.4, 0.5) is 22.0 Å². The summed E-state index contributed by atoms with van der Waals surface area (Å²) in [4.78, 5) is 31.2. The number of rotatable bonds is 3. The van der Waals surface area contributed by atoms with E-state index in [2.05, 4.69) is 31.3 Å². The van der Waals surface area contributed by atoms with Crippen LogP contribution in [0.15, 0.2) is 61.3 Å². The second kappa shape index (κ2) is 7.95. The molecule has 0 aromatic carbocycles. The van der Waals surface area contributed by atoms with Crippen LogP contribution in [0.1, 0.15) is 12.1 Å². The van der Waals surface area contributed by atoms with Crippen molar-refractivity contribution in [2.24, 2.45) is 7.05 Å². The average molecular weight is 453 g/mol. The zero-order valence-corrected chi connectivity index (χ0v) is 19.0. The van der Waals surface area contributed by atoms with Crippen LogP contribution in [0.3, 0.4) is 0 Å². The summed E-state index contributed by atoms with van der Waals surface area (Å²) in [7, 11) is 1.87. The number of anilines is 3. The van der Waals surface area contributed by atoms with Gasteiger partial charge in [0.05, 0.1) is 35.5 Å². The summed E-state index contributed by atoms with van der Waals surface area (Å²) >= 11 is 0. The highest BCUT2D eigenvalue weighted by molar-refractivity contribution is 6.05. The molecule has 2 aliphatic rings. The third kappa shape index (κ3) is 3.55. The van der Waals surface area contributed by atoms with Crippen LogP contribution in [0.5, 0.6) is 0 Å². The number of urea groups is 1. The predicted octanol–water partition coefficient (Wildman–Crippen LogP) is 3.88. The Morgan fingerprint density at radius 3 is 2.82 bits per heavy atom. The lowest BCUT2D eigenvalue weighted by Crippen LogP contribution is -2.48. The van der Waals surface area contributed by atoms with E-state index in [9.17, 15) is 4.79 Å². The van der Waals surface area contributed by atoms with Crippen molar-refractivity contribution < 1.29 is 4.79 Å². The Bertz CT molecular complexity index is 1400. The third-order valence-electron chi connectivity index (χ3n) is 6.39. The molecule has 0 unspecified atom stereocenters. The molecule has 4 aromatic heterocycles. The second-order valence-corrected chi connectivity index (χ2v) is 8.78. The first-order valence-electron chi connectivity index (χ1n) is 11.3. The van der Waals surface area contributed by atoms with E-state index in [1.807, 2.05) is 49.3 Å². The van der Waals surface area contributed by atoms with Gasteiger partial charge in [0.2, 0.25) is 0 Å². The molecule has 2 bridgehead atoms. The molecule has 4 aromatic rings. The van der Waals surface area contributed by atoms with E-state index >= 15 is 0 Å². The van der Waals surface area contributed by atoms with Crippen LogP contribution in [-0.4, -0.2) is 49.9 Å². The molecular formula is C25H24N8O. The average Bonchev–Trinajstić information content (AvgIpc) is 3.46. The Labute approximate surface area is 197 Å². The van der Waals surface area contributed by atoms with E-state index in [1.165, 1.54) is 0 Å². The van der Waals surface area contributed by atoms with Gasteiger partial charge in [-0.1, -0.05) is 0 Å². The van der Waals surface area contributed by atoms with Gasteiger partial charge in [-0.15, -0.1) is 0 Å². The monoisotopic (exact) mass is 452 g/mol. The number of hydrogen-bond acceptors (Lipinski definition) is 6. The molecule has 1 fully saturated rings. The van der Waals surface area contributed by atoms with Gasteiger partial charge < -0.3 is 10.2 Å². The summed E-state index contributed by atoms with van der Waals surface area (Å²) in [5.74, 6) is 0.689. The Hall–Kier alpha value is -4.27. The number of carbonyl (C=O) groups is 1. The maximum absolute atomic E-state index is 13.6. The van der Waals surface area contributed by atoms with Gasteiger partial charge in [-0.2, -0.15) is 5.10 Å². The van der Waals surface area contributed by atoms with Crippen LogP contribution in [0.25, 0.3) is 22.4 Å². The maximum Gasteiger partial charge on any atom is 0.327 e. The SMILES string of the molecule is Cc1cc(-c2ccc3c(n2)N(C(=O)Nc2cncc(-c4cnn(C)c4)c2)[C@H]2CCN3C2)ccn1. The molecule has 1 saturated heterocycles. The van der Waals surface area contributed by atoms with Crippen LogP contribution >= 0.6 is 0 Å². The predicted molar refractivity (Wildman–Crippen MR) is 131 cm³/mol. The highest BCUT2D eigenvalue weighted by Gasteiger charge is 2.40. The lowest BCUT2D eigenvalue weighted by atomic mass is 10.1. The normalized spacial score (nSPS) is 16.5. The highest BCUT2D eigenvalue weighted by atomic mass is 16.2. The van der Waals surface area contributed by atoms with Gasteiger partial charge in [0.15, 0.2) is 5.82 Å². The first-order valence-corrected chi connectivity index (χ1v) is 11.3. The van der Waals surface area contributed by atoms with Gasteiger partial charge in [-0.25, -0.2) is 9.78 Å². The number of pyridine rings is 3. The molecule has 0 saturated carbocycles. The number of aryl methyl sites for hydroxylation is 2. The molecule has 2 amide bonds. The first-order chi connectivity index (χ1) is 16.5. The molecule has 0 spiro atoms. The fraction of sp³-hybridized carbons (Fsp3) is 0.240. The smallest absolute Gasteiger partial charge is 0.327 e. The van der Waals surface area contributed by atoms with E-state index in [1.54, 1.807) is 29.5 Å². The van der Waals surface area contributed by atoms with Crippen molar-refractivity contribution in [1.29, 1.82) is 0 Å². The Morgan fingerprint density at radius 2 is 2.00 bits per heavy atom. The first kappa shape index (κ1) is 20.3. The van der Waals surface area contributed by atoms with Gasteiger partial charge in [0.25, 0.3) is 0 Å². The number of hydrogen-bond donors (Lipinski definition) is 1. The van der Waals surface area contributed by atoms with Crippen LogP contribution < -0.4 is 15.1 Å². The number of fused-ring (bicyclic) bond motifs is 4. The molecule has 9 nitrogen and oxygen atoms in total. The Kier molecular flexibility index (Phi) is 4.75. The highest BCUT2D eigenvalue weighted by Crippen LogP contribution is 2.40. The van der Waals surface area contributed by atoms with Crippen LogP contribution in [0, 0.1) is 6.92 Å². The van der Waals surface area contributed by atoms with E-state index in [0.29, 0.717) is 11.5 Å². The molecule has 34 heavy (non-hydrogen) atoms. The molecule has 0 radical (unpaired) electrons. The Balaban J connectivity index is 1.33. The van der Waals surface area contributed by atoms with Crippen molar-refractivity contribution in [2.75, 3.05) is 28.2 Å². The minimum Gasteiger partial charge on any atom is -0.366 e. The Morgan fingerprint density at radius 1 is 1.09 bits per heavy atom. The van der Waals surface area contributed by atoms with Crippen molar-refractivity contribution in [3.05, 3.63) is 67.0 Å². The van der Waals surface area contributed by atoms with Gasteiger partial charge in [-0.05, 0) is 43.7 Å². The molecule has 170 valence electrons. The molecule has 0 aliphatic carbocycles. The topological polar surface area (TPSA) is 92.1 Å². The lowest BCUT2D eigenvalue weighted by molar-refractivity contribution is 0.255.